The average molecular weight is 378 g/mol. The van der Waals surface area contributed by atoms with Crippen LogP contribution in [0.25, 0.3) is 0 Å². The first kappa shape index (κ1) is 21.4. The molecule has 0 aliphatic carbocycles. The normalized spacial score (nSPS) is 38.5. The van der Waals surface area contributed by atoms with Gasteiger partial charge in [0.15, 0.2) is 0 Å². The van der Waals surface area contributed by atoms with E-state index in [0.29, 0.717) is 6.61 Å². The molecule has 0 aromatic rings. The summed E-state index contributed by atoms with van der Waals surface area (Å²) in [6.07, 6.45) is -2.29. The summed E-state index contributed by atoms with van der Waals surface area (Å²) < 4.78 is 45.8. The summed E-state index contributed by atoms with van der Waals surface area (Å²) in [5, 5.41) is 0. The Bertz CT molecular complexity index is 480. The molecule has 2 aliphatic heterocycles. The molecule has 2 aliphatic rings. The largest absolute Gasteiger partial charge is 0.473 e. The minimum Gasteiger partial charge on any atom is -0.382 e. The van der Waals surface area contributed by atoms with Gasteiger partial charge in [-0.1, -0.05) is 0 Å². The highest BCUT2D eigenvalue weighted by atomic mass is 31.2. The molecule has 11 heteroatoms. The van der Waals surface area contributed by atoms with E-state index in [1.807, 2.05) is 35.5 Å². The lowest BCUT2D eigenvalue weighted by atomic mass is 9.93. The Hall–Kier alpha value is 0.0799. The van der Waals surface area contributed by atoms with E-state index in [2.05, 4.69) is 0 Å². The highest BCUT2D eigenvalue weighted by molar-refractivity contribution is 7.47. The van der Waals surface area contributed by atoms with Crippen LogP contribution < -0.4 is 0 Å². The van der Waals surface area contributed by atoms with Gasteiger partial charge < -0.3 is 23.8 Å². The lowest BCUT2D eigenvalue weighted by molar-refractivity contribution is -0.0644. The summed E-state index contributed by atoms with van der Waals surface area (Å²) in [6, 6.07) is -0.590. The van der Waals surface area contributed by atoms with Gasteiger partial charge in [0.1, 0.15) is 40.1 Å². The van der Waals surface area contributed by atoms with E-state index >= 15 is 0 Å². The zero-order chi connectivity index (χ0) is 18.8. The number of phosphoric acid groups is 1. The van der Waals surface area contributed by atoms with Crippen molar-refractivity contribution in [2.45, 2.75) is 76.3 Å². The van der Waals surface area contributed by atoms with E-state index in [1.54, 1.807) is 7.85 Å². The molecular weight excluding hydrogens is 349 g/mol. The lowest BCUT2D eigenvalue weighted by Gasteiger charge is -2.28. The van der Waals surface area contributed by atoms with Crippen molar-refractivity contribution in [1.82, 2.24) is 0 Å². The van der Waals surface area contributed by atoms with Gasteiger partial charge in [0.05, 0.1) is 37.4 Å². The molecule has 144 valence electrons. The van der Waals surface area contributed by atoms with E-state index in [9.17, 15) is 9.46 Å². The predicted molar refractivity (Wildman–Crippen MR) is 96.2 cm³/mol. The maximum atomic E-state index is 12.5. The molecule has 0 amide bonds. The first-order chi connectivity index (χ1) is 11.6. The van der Waals surface area contributed by atoms with E-state index in [-0.39, 0.29) is 30.8 Å². The molecule has 2 heterocycles. The zero-order valence-corrected chi connectivity index (χ0v) is 16.7. The van der Waals surface area contributed by atoms with Gasteiger partial charge in [-0.15, -0.1) is 0 Å². The van der Waals surface area contributed by atoms with E-state index in [4.69, 9.17) is 28.0 Å². The molecule has 0 saturated carbocycles. The van der Waals surface area contributed by atoms with Crippen molar-refractivity contribution in [3.05, 3.63) is 0 Å². The quantitative estimate of drug-likeness (QED) is 0.444. The Kier molecular flexibility index (Phi) is 7.57. The number of rotatable bonds is 8. The van der Waals surface area contributed by atoms with Crippen LogP contribution in [0.3, 0.4) is 0 Å². The van der Waals surface area contributed by atoms with Crippen LogP contribution in [0.2, 0.25) is 0 Å². The second-order valence-electron chi connectivity index (χ2n) is 7.13. The fraction of sp³-hybridized carbons (Fsp3) is 1.00. The molecule has 0 spiro atoms. The number of ether oxygens (including phenoxy) is 4. The maximum absolute atomic E-state index is 12.5. The molecule has 0 aromatic heterocycles. The minimum absolute atomic E-state index is 0.0445. The highest BCUT2D eigenvalue weighted by Gasteiger charge is 2.45. The molecule has 0 radical (unpaired) electrons. The predicted octanol–water partition coefficient (Wildman–Crippen LogP) is -0.577. The number of hydrogen-bond acceptors (Lipinski definition) is 7. The first-order valence-electron chi connectivity index (χ1n) is 8.82. The van der Waals surface area contributed by atoms with Gasteiger partial charge in [-0.25, -0.2) is 4.57 Å². The molecule has 7 atom stereocenters. The van der Waals surface area contributed by atoms with Crippen LogP contribution in [0.1, 0.15) is 27.7 Å². The topological polar surface area (TPSA) is 92.7 Å². The SMILES string of the molecule is BC1OCC(OP(=O)(O)OC2C(B)OCC2OC(C)C)C1OC(C)C. The summed E-state index contributed by atoms with van der Waals surface area (Å²) in [5.41, 5.74) is 0. The molecule has 25 heavy (non-hydrogen) atoms. The summed E-state index contributed by atoms with van der Waals surface area (Å²) in [7, 11) is -0.713. The molecule has 1 N–H and O–H groups in total. The van der Waals surface area contributed by atoms with Crippen molar-refractivity contribution in [3.8, 4) is 0 Å². The maximum Gasteiger partial charge on any atom is 0.473 e. The van der Waals surface area contributed by atoms with Crippen molar-refractivity contribution in [2.75, 3.05) is 13.2 Å². The van der Waals surface area contributed by atoms with E-state index in [0.717, 1.165) is 0 Å². The Morgan fingerprint density at radius 2 is 1.44 bits per heavy atom. The Morgan fingerprint density at radius 3 is 2.00 bits per heavy atom. The minimum atomic E-state index is -4.34. The molecule has 0 bridgehead atoms. The van der Waals surface area contributed by atoms with Crippen LogP contribution in [0.15, 0.2) is 0 Å². The Balaban J connectivity index is 1.99. The zero-order valence-electron chi connectivity index (χ0n) is 15.8. The van der Waals surface area contributed by atoms with E-state index < -0.39 is 32.2 Å². The molecule has 8 nitrogen and oxygen atoms in total. The standard InChI is InChI=1S/C14H29B2O8P/c1-7(2)21-9-5-19-14(16)12(9)24-25(17,18)23-10-6-20-13(15)11(10)22-8(3)4/h7-14H,5-6,15-16H2,1-4H3,(H,17,18). The smallest absolute Gasteiger partial charge is 0.382 e. The first-order valence-corrected chi connectivity index (χ1v) is 10.3. The van der Waals surface area contributed by atoms with Crippen LogP contribution in [0, 0.1) is 0 Å². The Morgan fingerprint density at radius 1 is 0.920 bits per heavy atom. The van der Waals surface area contributed by atoms with Gasteiger partial charge in [-0.05, 0) is 27.7 Å². The van der Waals surface area contributed by atoms with Gasteiger partial charge in [0.2, 0.25) is 0 Å². The Labute approximate surface area is 151 Å². The summed E-state index contributed by atoms with van der Waals surface area (Å²) >= 11 is 0. The van der Waals surface area contributed by atoms with Gasteiger partial charge in [0.25, 0.3) is 0 Å². The molecule has 2 saturated heterocycles. The summed E-state index contributed by atoms with van der Waals surface area (Å²) in [5.74, 6) is 0. The fourth-order valence-corrected chi connectivity index (χ4v) is 4.24. The number of phosphoric ester groups is 1. The molecule has 2 fully saturated rings. The molecule has 0 aromatic carbocycles. The second-order valence-corrected chi connectivity index (χ2v) is 8.49. The molecule has 2 rings (SSSR count). The van der Waals surface area contributed by atoms with Crippen molar-refractivity contribution in [2.24, 2.45) is 0 Å². The fourth-order valence-electron chi connectivity index (χ4n) is 3.05. The van der Waals surface area contributed by atoms with Crippen molar-refractivity contribution in [1.29, 1.82) is 0 Å². The monoisotopic (exact) mass is 378 g/mol. The summed E-state index contributed by atoms with van der Waals surface area (Å²) in [4.78, 5) is 10.2. The van der Waals surface area contributed by atoms with Crippen molar-refractivity contribution >= 4 is 23.5 Å². The van der Waals surface area contributed by atoms with Crippen molar-refractivity contribution in [3.63, 3.8) is 0 Å². The van der Waals surface area contributed by atoms with Gasteiger partial charge in [-0.2, -0.15) is 0 Å². The number of hydrogen-bond donors (Lipinski definition) is 1. The van der Waals surface area contributed by atoms with Crippen LogP contribution >= 0.6 is 7.82 Å². The highest BCUT2D eigenvalue weighted by Crippen LogP contribution is 2.49. The van der Waals surface area contributed by atoms with Crippen LogP contribution in [0.5, 0.6) is 0 Å². The van der Waals surface area contributed by atoms with Crippen LogP contribution in [-0.4, -0.2) is 82.4 Å². The van der Waals surface area contributed by atoms with Gasteiger partial charge >= 0.3 is 7.82 Å². The van der Waals surface area contributed by atoms with Crippen LogP contribution in [-0.2, 0) is 32.6 Å². The molecule has 7 unspecified atom stereocenters. The summed E-state index contributed by atoms with van der Waals surface area (Å²) in [6.45, 7) is 8.05. The van der Waals surface area contributed by atoms with Crippen molar-refractivity contribution < 1.29 is 37.5 Å². The third-order valence-corrected chi connectivity index (χ3v) is 5.15. The lowest BCUT2D eigenvalue weighted by Crippen LogP contribution is -2.39. The second kappa shape index (κ2) is 8.85. The van der Waals surface area contributed by atoms with Crippen LogP contribution in [0.4, 0.5) is 0 Å². The third-order valence-electron chi connectivity index (χ3n) is 4.10. The average Bonchev–Trinajstić information content (AvgIpc) is 2.96. The third kappa shape index (κ3) is 6.04. The van der Waals surface area contributed by atoms with Gasteiger partial charge in [-0.3, -0.25) is 9.05 Å². The molecular formula is C14H29B2O8P. The van der Waals surface area contributed by atoms with E-state index in [1.165, 1.54) is 0 Å². The van der Waals surface area contributed by atoms with Gasteiger partial charge in [0, 0.05) is 0 Å².